The van der Waals surface area contributed by atoms with Gasteiger partial charge in [-0.2, -0.15) is 0 Å². The third kappa shape index (κ3) is 5.39. The quantitative estimate of drug-likeness (QED) is 0.661. The average Bonchev–Trinajstić information content (AvgIpc) is 2.94. The van der Waals surface area contributed by atoms with E-state index < -0.39 is 0 Å². The molecule has 1 aliphatic heterocycles. The zero-order valence-corrected chi connectivity index (χ0v) is 12.1. The molecular formula is C15H30O2. The van der Waals surface area contributed by atoms with Crippen molar-refractivity contribution in [1.82, 2.24) is 0 Å². The highest BCUT2D eigenvalue weighted by Gasteiger charge is 2.42. The molecule has 0 amide bonds. The summed E-state index contributed by atoms with van der Waals surface area (Å²) in [6.45, 7) is 11.8. The second kappa shape index (κ2) is 6.75. The molecule has 1 heterocycles. The van der Waals surface area contributed by atoms with Crippen molar-refractivity contribution in [2.45, 2.75) is 66.1 Å². The van der Waals surface area contributed by atoms with Crippen molar-refractivity contribution in [3.8, 4) is 0 Å². The first-order valence-corrected chi connectivity index (χ1v) is 7.20. The van der Waals surface area contributed by atoms with Crippen LogP contribution in [0.1, 0.15) is 53.9 Å². The number of hydrogen-bond donors (Lipinski definition) is 1. The van der Waals surface area contributed by atoms with Gasteiger partial charge in [-0.05, 0) is 42.9 Å². The lowest BCUT2D eigenvalue weighted by Crippen LogP contribution is -2.15. The Labute approximate surface area is 107 Å². The zero-order valence-electron chi connectivity index (χ0n) is 12.1. The molecule has 1 saturated heterocycles. The Hall–Kier alpha value is -0.0800. The Kier molecular flexibility index (Phi) is 5.94. The summed E-state index contributed by atoms with van der Waals surface area (Å²) in [7, 11) is 0. The third-order valence-corrected chi connectivity index (χ3v) is 3.82. The Morgan fingerprint density at radius 1 is 0.941 bits per heavy atom. The third-order valence-electron chi connectivity index (χ3n) is 3.82. The zero-order chi connectivity index (χ0) is 13.0. The Morgan fingerprint density at radius 3 is 2.00 bits per heavy atom. The lowest BCUT2D eigenvalue weighted by Gasteiger charge is -2.21. The number of ether oxygens (including phenoxy) is 1. The van der Waals surface area contributed by atoms with Crippen LogP contribution < -0.4 is 0 Å². The van der Waals surface area contributed by atoms with Gasteiger partial charge in [0.1, 0.15) is 6.10 Å². The van der Waals surface area contributed by atoms with E-state index in [1.54, 1.807) is 0 Å². The van der Waals surface area contributed by atoms with Crippen molar-refractivity contribution < 1.29 is 9.84 Å². The van der Waals surface area contributed by atoms with Crippen LogP contribution in [0, 0.1) is 23.7 Å². The summed E-state index contributed by atoms with van der Waals surface area (Å²) < 4.78 is 5.45. The van der Waals surface area contributed by atoms with Gasteiger partial charge in [-0.3, -0.25) is 0 Å². The first-order valence-electron chi connectivity index (χ1n) is 7.20. The molecule has 0 bridgehead atoms. The summed E-state index contributed by atoms with van der Waals surface area (Å²) in [4.78, 5) is 0. The molecule has 0 unspecified atom stereocenters. The van der Waals surface area contributed by atoms with Crippen LogP contribution in [-0.2, 0) is 4.74 Å². The second-order valence-electron chi connectivity index (χ2n) is 6.61. The van der Waals surface area contributed by atoms with Crippen LogP contribution in [0.4, 0.5) is 0 Å². The number of hydrogen-bond acceptors (Lipinski definition) is 2. The standard InChI is InChI=1S/C15H30O2/c1-10(2)6-11(3)7-12(4)8-13(5)15-14(9-16)17-15/h10-16H,6-9H2,1-5H3/t11-,12+,13-,14+,15+/m0/s1. The van der Waals surface area contributed by atoms with E-state index in [2.05, 4.69) is 34.6 Å². The topological polar surface area (TPSA) is 32.8 Å². The summed E-state index contributed by atoms with van der Waals surface area (Å²) >= 11 is 0. The fraction of sp³-hybridized carbons (Fsp3) is 1.00. The van der Waals surface area contributed by atoms with E-state index in [9.17, 15) is 0 Å². The monoisotopic (exact) mass is 242 g/mol. The largest absolute Gasteiger partial charge is 0.394 e. The van der Waals surface area contributed by atoms with Crippen LogP contribution in [0.3, 0.4) is 0 Å². The molecule has 1 aliphatic rings. The fourth-order valence-electron chi connectivity index (χ4n) is 3.26. The molecule has 102 valence electrons. The van der Waals surface area contributed by atoms with E-state index in [0.29, 0.717) is 12.0 Å². The maximum Gasteiger partial charge on any atom is 0.107 e. The molecule has 1 N–H and O–H groups in total. The number of epoxide rings is 1. The van der Waals surface area contributed by atoms with Crippen LogP contribution in [0.2, 0.25) is 0 Å². The molecule has 5 atom stereocenters. The molecule has 1 fully saturated rings. The summed E-state index contributed by atoms with van der Waals surface area (Å²) in [5.41, 5.74) is 0. The highest BCUT2D eigenvalue weighted by molar-refractivity contribution is 4.88. The molecule has 0 aliphatic carbocycles. The molecular weight excluding hydrogens is 212 g/mol. The summed E-state index contributed by atoms with van der Waals surface area (Å²) in [6.07, 6.45) is 4.33. The van der Waals surface area contributed by atoms with E-state index in [1.165, 1.54) is 19.3 Å². The molecule has 2 nitrogen and oxygen atoms in total. The predicted molar refractivity (Wildman–Crippen MR) is 71.9 cm³/mol. The summed E-state index contributed by atoms with van der Waals surface area (Å²) in [5, 5.41) is 8.98. The lowest BCUT2D eigenvalue weighted by molar-refractivity contribution is 0.235. The molecule has 17 heavy (non-hydrogen) atoms. The van der Waals surface area contributed by atoms with E-state index in [1.807, 2.05) is 0 Å². The maximum absolute atomic E-state index is 8.98. The average molecular weight is 242 g/mol. The SMILES string of the molecule is CC(C)C[C@H](C)C[C@@H](C)C[C@H](C)[C@H]1O[C@@H]1CO. The van der Waals surface area contributed by atoms with E-state index in [-0.39, 0.29) is 12.7 Å². The van der Waals surface area contributed by atoms with Crippen molar-refractivity contribution in [2.75, 3.05) is 6.61 Å². The highest BCUT2D eigenvalue weighted by atomic mass is 16.6. The van der Waals surface area contributed by atoms with Crippen LogP contribution in [0.25, 0.3) is 0 Å². The normalized spacial score (nSPS) is 29.1. The number of rotatable bonds is 8. The molecule has 0 aromatic carbocycles. The minimum atomic E-state index is 0.130. The lowest BCUT2D eigenvalue weighted by atomic mass is 9.85. The maximum atomic E-state index is 8.98. The van der Waals surface area contributed by atoms with Gasteiger partial charge < -0.3 is 9.84 Å². The van der Waals surface area contributed by atoms with Gasteiger partial charge in [0.15, 0.2) is 0 Å². The van der Waals surface area contributed by atoms with Crippen LogP contribution in [0.5, 0.6) is 0 Å². The van der Waals surface area contributed by atoms with Crippen molar-refractivity contribution in [3.63, 3.8) is 0 Å². The van der Waals surface area contributed by atoms with Gasteiger partial charge in [-0.15, -0.1) is 0 Å². The van der Waals surface area contributed by atoms with Crippen molar-refractivity contribution in [2.24, 2.45) is 23.7 Å². The van der Waals surface area contributed by atoms with Gasteiger partial charge in [0.2, 0.25) is 0 Å². The molecule has 0 aromatic rings. The van der Waals surface area contributed by atoms with Gasteiger partial charge in [-0.25, -0.2) is 0 Å². The van der Waals surface area contributed by atoms with Crippen molar-refractivity contribution >= 4 is 0 Å². The Morgan fingerprint density at radius 2 is 1.53 bits per heavy atom. The molecule has 0 spiro atoms. The van der Waals surface area contributed by atoms with Crippen molar-refractivity contribution in [3.05, 3.63) is 0 Å². The second-order valence-corrected chi connectivity index (χ2v) is 6.61. The number of aliphatic hydroxyl groups is 1. The summed E-state index contributed by atoms with van der Waals surface area (Å²) in [5.74, 6) is 2.99. The molecule has 2 heteroatoms. The van der Waals surface area contributed by atoms with E-state index >= 15 is 0 Å². The minimum Gasteiger partial charge on any atom is -0.394 e. The van der Waals surface area contributed by atoms with Gasteiger partial charge >= 0.3 is 0 Å². The molecule has 0 aromatic heterocycles. The molecule has 0 saturated carbocycles. The Bertz CT molecular complexity index is 215. The van der Waals surface area contributed by atoms with Crippen molar-refractivity contribution in [1.29, 1.82) is 0 Å². The fourth-order valence-corrected chi connectivity index (χ4v) is 3.26. The first-order chi connectivity index (χ1) is 7.93. The summed E-state index contributed by atoms with van der Waals surface area (Å²) in [6, 6.07) is 0. The first kappa shape index (κ1) is 15.0. The van der Waals surface area contributed by atoms with Gasteiger partial charge in [0.05, 0.1) is 12.7 Å². The van der Waals surface area contributed by atoms with Crippen LogP contribution in [0.15, 0.2) is 0 Å². The number of aliphatic hydroxyl groups excluding tert-OH is 1. The minimum absolute atomic E-state index is 0.130. The van der Waals surface area contributed by atoms with Gasteiger partial charge in [-0.1, -0.05) is 34.6 Å². The van der Waals surface area contributed by atoms with Crippen LogP contribution in [-0.4, -0.2) is 23.9 Å². The highest BCUT2D eigenvalue weighted by Crippen LogP contribution is 2.34. The van der Waals surface area contributed by atoms with E-state index in [4.69, 9.17) is 9.84 Å². The van der Waals surface area contributed by atoms with Gasteiger partial charge in [0, 0.05) is 0 Å². The molecule has 0 radical (unpaired) electrons. The Balaban J connectivity index is 2.18. The molecule has 1 rings (SSSR count). The predicted octanol–water partition coefficient (Wildman–Crippen LogP) is 3.48. The van der Waals surface area contributed by atoms with Gasteiger partial charge in [0.25, 0.3) is 0 Å². The smallest absolute Gasteiger partial charge is 0.107 e. The van der Waals surface area contributed by atoms with E-state index in [0.717, 1.165) is 17.8 Å². The van der Waals surface area contributed by atoms with Crippen LogP contribution >= 0.6 is 0 Å².